The Hall–Kier alpha value is -2.54. The first-order valence-electron chi connectivity index (χ1n) is 9.50. The first-order valence-corrected chi connectivity index (χ1v) is 10.7. The van der Waals surface area contributed by atoms with Crippen molar-refractivity contribution in [1.29, 1.82) is 0 Å². The van der Waals surface area contributed by atoms with Crippen molar-refractivity contribution in [3.63, 3.8) is 0 Å². The number of H-pyrrole nitrogens is 1. The number of hydrogen-bond donors (Lipinski definition) is 2. The summed E-state index contributed by atoms with van der Waals surface area (Å²) in [5.41, 5.74) is 4.08. The Balaban J connectivity index is 1.40. The summed E-state index contributed by atoms with van der Waals surface area (Å²) in [5.74, 6) is 2.26. The smallest absolute Gasteiger partial charge is 0.162 e. The highest BCUT2D eigenvalue weighted by Gasteiger charge is 2.11. The average molecular weight is 487 g/mol. The molecule has 0 amide bonds. The molecule has 0 atom stereocenters. The van der Waals surface area contributed by atoms with Crippen LogP contribution in [0.3, 0.4) is 0 Å². The van der Waals surface area contributed by atoms with Gasteiger partial charge in [0.05, 0.1) is 24.7 Å². The fourth-order valence-corrected chi connectivity index (χ4v) is 3.85. The molecule has 0 aliphatic carbocycles. The molecular formula is C23H21BrClN3O2. The Morgan fingerprint density at radius 1 is 1.03 bits per heavy atom. The molecule has 30 heavy (non-hydrogen) atoms. The molecule has 5 nitrogen and oxygen atoms in total. The van der Waals surface area contributed by atoms with E-state index >= 15 is 0 Å². The highest BCUT2D eigenvalue weighted by atomic mass is 79.9. The zero-order chi connectivity index (χ0) is 20.9. The molecule has 1 aromatic heterocycles. The largest absolute Gasteiger partial charge is 0.493 e. The van der Waals surface area contributed by atoms with Crippen LogP contribution in [0.15, 0.2) is 65.1 Å². The van der Waals surface area contributed by atoms with Crippen molar-refractivity contribution in [2.75, 3.05) is 7.11 Å². The van der Waals surface area contributed by atoms with E-state index in [1.165, 1.54) is 0 Å². The van der Waals surface area contributed by atoms with E-state index in [-0.39, 0.29) is 0 Å². The van der Waals surface area contributed by atoms with Gasteiger partial charge in [-0.25, -0.2) is 4.98 Å². The maximum Gasteiger partial charge on any atom is 0.162 e. The van der Waals surface area contributed by atoms with Gasteiger partial charge in [0.25, 0.3) is 0 Å². The number of hydrogen-bond acceptors (Lipinski definition) is 4. The van der Waals surface area contributed by atoms with E-state index in [0.29, 0.717) is 36.2 Å². The quantitative estimate of drug-likeness (QED) is 0.328. The van der Waals surface area contributed by atoms with Crippen LogP contribution in [-0.4, -0.2) is 17.1 Å². The van der Waals surface area contributed by atoms with Gasteiger partial charge < -0.3 is 19.8 Å². The zero-order valence-corrected chi connectivity index (χ0v) is 18.8. The van der Waals surface area contributed by atoms with E-state index < -0.39 is 0 Å². The molecule has 4 aromatic rings. The molecule has 4 rings (SSSR count). The van der Waals surface area contributed by atoms with Crippen LogP contribution >= 0.6 is 27.5 Å². The summed E-state index contributed by atoms with van der Waals surface area (Å²) in [6.45, 7) is 1.70. The van der Waals surface area contributed by atoms with Gasteiger partial charge in [-0.3, -0.25) is 0 Å². The summed E-state index contributed by atoms with van der Waals surface area (Å²) < 4.78 is 12.4. The van der Waals surface area contributed by atoms with Crippen LogP contribution in [-0.2, 0) is 19.7 Å². The van der Waals surface area contributed by atoms with Crippen LogP contribution < -0.4 is 14.8 Å². The van der Waals surface area contributed by atoms with Crippen LogP contribution in [0.2, 0.25) is 5.02 Å². The number of para-hydroxylation sites is 2. The molecule has 0 aliphatic rings. The van der Waals surface area contributed by atoms with E-state index in [0.717, 1.165) is 32.5 Å². The molecule has 2 N–H and O–H groups in total. The molecule has 0 saturated heterocycles. The van der Waals surface area contributed by atoms with Crippen molar-refractivity contribution >= 4 is 38.6 Å². The Bertz CT molecular complexity index is 1130. The molecule has 0 radical (unpaired) electrons. The number of halogens is 2. The minimum atomic E-state index is 0.410. The summed E-state index contributed by atoms with van der Waals surface area (Å²) in [4.78, 5) is 7.91. The molecule has 0 spiro atoms. The third-order valence-electron chi connectivity index (χ3n) is 4.66. The first-order chi connectivity index (χ1) is 14.6. The van der Waals surface area contributed by atoms with Crippen molar-refractivity contribution < 1.29 is 9.47 Å². The van der Waals surface area contributed by atoms with E-state index in [1.807, 2.05) is 60.7 Å². The summed E-state index contributed by atoms with van der Waals surface area (Å²) in [6.07, 6.45) is 0. The second kappa shape index (κ2) is 9.51. The number of benzene rings is 3. The third-order valence-corrected chi connectivity index (χ3v) is 5.64. The van der Waals surface area contributed by atoms with Gasteiger partial charge in [-0.1, -0.05) is 51.8 Å². The molecule has 0 saturated carbocycles. The van der Waals surface area contributed by atoms with Gasteiger partial charge in [0.15, 0.2) is 11.5 Å². The summed E-state index contributed by atoms with van der Waals surface area (Å²) in [5, 5.41) is 4.11. The summed E-state index contributed by atoms with van der Waals surface area (Å²) >= 11 is 9.69. The minimum absolute atomic E-state index is 0.410. The summed E-state index contributed by atoms with van der Waals surface area (Å²) in [7, 11) is 1.64. The summed E-state index contributed by atoms with van der Waals surface area (Å²) in [6, 6.07) is 19.5. The van der Waals surface area contributed by atoms with Gasteiger partial charge in [0.1, 0.15) is 12.4 Å². The maximum absolute atomic E-state index is 6.05. The van der Waals surface area contributed by atoms with Gasteiger partial charge in [-0.05, 0) is 47.5 Å². The monoisotopic (exact) mass is 485 g/mol. The predicted octanol–water partition coefficient (Wildman–Crippen LogP) is 5.86. The normalized spacial score (nSPS) is 11.0. The maximum atomic E-state index is 6.05. The van der Waals surface area contributed by atoms with Gasteiger partial charge in [0.2, 0.25) is 0 Å². The lowest BCUT2D eigenvalue weighted by molar-refractivity contribution is 0.284. The Kier molecular flexibility index (Phi) is 6.57. The second-order valence-electron chi connectivity index (χ2n) is 6.82. The number of nitrogens with one attached hydrogen (secondary N) is 2. The molecule has 1 heterocycles. The number of imidazole rings is 1. The molecule has 0 aliphatic heterocycles. The van der Waals surface area contributed by atoms with Gasteiger partial charge in [0, 0.05) is 16.0 Å². The van der Waals surface area contributed by atoms with Crippen LogP contribution in [0, 0.1) is 0 Å². The van der Waals surface area contributed by atoms with Crippen LogP contribution in [0.1, 0.15) is 17.0 Å². The SMILES string of the molecule is COc1cc(CNCc2nc3ccccc3[nH]2)c(Br)cc1OCc1cccc(Cl)c1. The molecule has 0 fully saturated rings. The van der Waals surface area contributed by atoms with Crippen molar-refractivity contribution in [2.24, 2.45) is 0 Å². The number of aromatic amines is 1. The predicted molar refractivity (Wildman–Crippen MR) is 123 cm³/mol. The van der Waals surface area contributed by atoms with E-state index in [9.17, 15) is 0 Å². The lowest BCUT2D eigenvalue weighted by atomic mass is 10.2. The Morgan fingerprint density at radius 3 is 2.70 bits per heavy atom. The third kappa shape index (κ3) is 4.95. The van der Waals surface area contributed by atoms with Crippen LogP contribution in [0.5, 0.6) is 11.5 Å². The standard InChI is InChI=1S/C23H21BrClN3O2/c1-29-21-10-16(12-26-13-23-27-19-7-2-3-8-20(19)28-23)18(24)11-22(21)30-14-15-5-4-6-17(25)9-15/h2-11,26H,12-14H2,1H3,(H,27,28). The fraction of sp³-hybridized carbons (Fsp3) is 0.174. The van der Waals surface area contributed by atoms with Crippen molar-refractivity contribution in [1.82, 2.24) is 15.3 Å². The number of fused-ring (bicyclic) bond motifs is 1. The number of nitrogens with zero attached hydrogens (tertiary/aromatic N) is 1. The van der Waals surface area contributed by atoms with Crippen molar-refractivity contribution in [3.8, 4) is 11.5 Å². The zero-order valence-electron chi connectivity index (χ0n) is 16.4. The van der Waals surface area contributed by atoms with Gasteiger partial charge >= 0.3 is 0 Å². The molecule has 0 bridgehead atoms. The van der Waals surface area contributed by atoms with Gasteiger partial charge in [-0.2, -0.15) is 0 Å². The molecule has 7 heteroatoms. The minimum Gasteiger partial charge on any atom is -0.493 e. The molecule has 154 valence electrons. The lowest BCUT2D eigenvalue weighted by Crippen LogP contribution is -2.14. The van der Waals surface area contributed by atoms with Crippen LogP contribution in [0.4, 0.5) is 0 Å². The van der Waals surface area contributed by atoms with E-state index in [4.69, 9.17) is 21.1 Å². The highest BCUT2D eigenvalue weighted by Crippen LogP contribution is 2.34. The highest BCUT2D eigenvalue weighted by molar-refractivity contribution is 9.10. The van der Waals surface area contributed by atoms with Crippen LogP contribution in [0.25, 0.3) is 11.0 Å². The lowest BCUT2D eigenvalue weighted by Gasteiger charge is -2.14. The fourth-order valence-electron chi connectivity index (χ4n) is 3.18. The number of methoxy groups -OCH3 is 1. The average Bonchev–Trinajstić information content (AvgIpc) is 3.16. The topological polar surface area (TPSA) is 59.2 Å². The molecular weight excluding hydrogens is 466 g/mol. The van der Waals surface area contributed by atoms with E-state index in [1.54, 1.807) is 7.11 Å². The van der Waals surface area contributed by atoms with Crippen molar-refractivity contribution in [3.05, 3.63) is 87.1 Å². The van der Waals surface area contributed by atoms with Crippen molar-refractivity contribution in [2.45, 2.75) is 19.7 Å². The van der Waals surface area contributed by atoms with Gasteiger partial charge in [-0.15, -0.1) is 0 Å². The second-order valence-corrected chi connectivity index (χ2v) is 8.11. The molecule has 0 unspecified atom stereocenters. The Labute approximate surface area is 188 Å². The number of ether oxygens (including phenoxy) is 2. The first kappa shape index (κ1) is 20.7. The Morgan fingerprint density at radius 2 is 1.90 bits per heavy atom. The van der Waals surface area contributed by atoms with E-state index in [2.05, 4.69) is 31.2 Å². The molecule has 3 aromatic carbocycles. The number of aromatic nitrogens is 2. The number of rotatable bonds is 8.